The van der Waals surface area contributed by atoms with Crippen molar-refractivity contribution in [2.45, 2.75) is 12.3 Å². The van der Waals surface area contributed by atoms with Crippen molar-refractivity contribution in [1.82, 2.24) is 10.3 Å². The smallest absolute Gasteiger partial charge is 0.275 e. The van der Waals surface area contributed by atoms with E-state index in [-0.39, 0.29) is 12.0 Å². The van der Waals surface area contributed by atoms with Gasteiger partial charge in [0, 0.05) is 30.9 Å². The number of nitrogens with one attached hydrogen (secondary N) is 2. The Balaban J connectivity index is 2.59. The second kappa shape index (κ2) is 3.67. The predicted octanol–water partition coefficient (Wildman–Crippen LogP) is 1.72. The third-order valence-electron chi connectivity index (χ3n) is 1.71. The molecule has 1 aromatic heterocycles. The Morgan fingerprint density at radius 3 is 2.83 bits per heavy atom. The minimum Gasteiger partial charge on any atom is -0.367 e. The molecule has 0 aliphatic heterocycles. The molecule has 68 valence electrons. The first-order valence-electron chi connectivity index (χ1n) is 3.82. The lowest BCUT2D eigenvalue weighted by Crippen LogP contribution is -2.20. The largest absolute Gasteiger partial charge is 0.367 e. The number of alkyl halides is 2. The van der Waals surface area contributed by atoms with Gasteiger partial charge in [0.25, 0.3) is 5.92 Å². The lowest BCUT2D eigenvalue weighted by molar-refractivity contribution is -0.0122. The van der Waals surface area contributed by atoms with Gasteiger partial charge in [0.05, 0.1) is 0 Å². The molecular formula is C8H12F2N2. The van der Waals surface area contributed by atoms with Crippen molar-refractivity contribution in [2.24, 2.45) is 0 Å². The predicted molar refractivity (Wildman–Crippen MR) is 43.2 cm³/mol. The fourth-order valence-corrected chi connectivity index (χ4v) is 0.978. The molecule has 12 heavy (non-hydrogen) atoms. The molecule has 0 atom stereocenters. The average molecular weight is 174 g/mol. The summed E-state index contributed by atoms with van der Waals surface area (Å²) in [6, 6.07) is 1.40. The molecule has 0 saturated heterocycles. The Hall–Kier alpha value is -0.900. The lowest BCUT2D eigenvalue weighted by atomic mass is 10.1. The van der Waals surface area contributed by atoms with Crippen molar-refractivity contribution in [3.8, 4) is 0 Å². The summed E-state index contributed by atoms with van der Waals surface area (Å²) in [4.78, 5) is 2.61. The fourth-order valence-electron chi connectivity index (χ4n) is 0.978. The molecule has 2 nitrogen and oxygen atoms in total. The van der Waals surface area contributed by atoms with E-state index >= 15 is 0 Å². The summed E-state index contributed by atoms with van der Waals surface area (Å²) in [5.41, 5.74) is 0.0535. The first-order valence-corrected chi connectivity index (χ1v) is 3.82. The summed E-state index contributed by atoms with van der Waals surface area (Å²) in [5.74, 6) is -2.72. The average Bonchev–Trinajstić information content (AvgIpc) is 2.53. The summed E-state index contributed by atoms with van der Waals surface area (Å²) in [7, 11) is 1.66. The minimum atomic E-state index is -2.72. The zero-order valence-corrected chi connectivity index (χ0v) is 6.90. The van der Waals surface area contributed by atoms with Crippen molar-refractivity contribution in [3.63, 3.8) is 0 Å². The molecule has 1 rings (SSSR count). The summed E-state index contributed by atoms with van der Waals surface area (Å²) >= 11 is 0. The summed E-state index contributed by atoms with van der Waals surface area (Å²) in [6.07, 6.45) is 2.67. The summed E-state index contributed by atoms with van der Waals surface area (Å²) < 4.78 is 26.2. The van der Waals surface area contributed by atoms with Crippen molar-refractivity contribution in [3.05, 3.63) is 24.0 Å². The zero-order valence-electron chi connectivity index (χ0n) is 6.90. The minimum absolute atomic E-state index is 0.0535. The second-order valence-corrected chi connectivity index (χ2v) is 2.66. The SMILES string of the molecule is CNCCC(F)(F)c1cc[nH]c1. The van der Waals surface area contributed by atoms with Gasteiger partial charge in [0.15, 0.2) is 0 Å². The van der Waals surface area contributed by atoms with E-state index < -0.39 is 5.92 Å². The first kappa shape index (κ1) is 9.19. The maximum atomic E-state index is 13.1. The molecule has 0 fully saturated rings. The van der Waals surface area contributed by atoms with E-state index in [1.807, 2.05) is 0 Å². The van der Waals surface area contributed by atoms with E-state index in [4.69, 9.17) is 0 Å². The van der Waals surface area contributed by atoms with Gasteiger partial charge < -0.3 is 10.3 Å². The van der Waals surface area contributed by atoms with Crippen LogP contribution in [0.3, 0.4) is 0 Å². The molecular weight excluding hydrogens is 162 g/mol. The van der Waals surface area contributed by atoms with E-state index in [1.165, 1.54) is 18.5 Å². The highest BCUT2D eigenvalue weighted by molar-refractivity contribution is 5.14. The van der Waals surface area contributed by atoms with E-state index in [1.54, 1.807) is 7.05 Å². The van der Waals surface area contributed by atoms with Crippen molar-refractivity contribution in [2.75, 3.05) is 13.6 Å². The highest BCUT2D eigenvalue weighted by atomic mass is 19.3. The number of hydrogen-bond acceptors (Lipinski definition) is 1. The molecule has 0 bridgehead atoms. The van der Waals surface area contributed by atoms with Gasteiger partial charge in [0.1, 0.15) is 0 Å². The van der Waals surface area contributed by atoms with Crippen LogP contribution >= 0.6 is 0 Å². The number of halogens is 2. The van der Waals surface area contributed by atoms with Gasteiger partial charge in [-0.15, -0.1) is 0 Å². The molecule has 4 heteroatoms. The van der Waals surface area contributed by atoms with Crippen LogP contribution < -0.4 is 5.32 Å². The standard InChI is InChI=1S/C8H12F2N2/c1-11-5-3-8(9,10)7-2-4-12-6-7/h2,4,6,11-12H,3,5H2,1H3. The van der Waals surface area contributed by atoms with Gasteiger partial charge in [-0.1, -0.05) is 0 Å². The van der Waals surface area contributed by atoms with Crippen molar-refractivity contribution < 1.29 is 8.78 Å². The van der Waals surface area contributed by atoms with Crippen molar-refractivity contribution >= 4 is 0 Å². The van der Waals surface area contributed by atoms with E-state index in [0.717, 1.165) is 0 Å². The number of hydrogen-bond donors (Lipinski definition) is 2. The van der Waals surface area contributed by atoms with Gasteiger partial charge in [-0.2, -0.15) is 0 Å². The Morgan fingerprint density at radius 2 is 2.33 bits per heavy atom. The number of rotatable bonds is 4. The molecule has 0 aliphatic rings. The van der Waals surface area contributed by atoms with Gasteiger partial charge in [-0.05, 0) is 13.1 Å². The van der Waals surface area contributed by atoms with E-state index in [0.29, 0.717) is 6.54 Å². The van der Waals surface area contributed by atoms with Crippen LogP contribution in [0.25, 0.3) is 0 Å². The normalized spacial score (nSPS) is 11.9. The maximum absolute atomic E-state index is 13.1. The Morgan fingerprint density at radius 1 is 1.58 bits per heavy atom. The van der Waals surface area contributed by atoms with Gasteiger partial charge in [-0.25, -0.2) is 8.78 Å². The van der Waals surface area contributed by atoms with Crippen LogP contribution in [0.15, 0.2) is 18.5 Å². The monoisotopic (exact) mass is 174 g/mol. The maximum Gasteiger partial charge on any atom is 0.275 e. The fraction of sp³-hybridized carbons (Fsp3) is 0.500. The van der Waals surface area contributed by atoms with E-state index in [2.05, 4.69) is 10.3 Å². The number of aromatic nitrogens is 1. The van der Waals surface area contributed by atoms with Gasteiger partial charge in [-0.3, -0.25) is 0 Å². The van der Waals surface area contributed by atoms with Crippen molar-refractivity contribution in [1.29, 1.82) is 0 Å². The second-order valence-electron chi connectivity index (χ2n) is 2.66. The molecule has 0 saturated carbocycles. The third kappa shape index (κ3) is 2.04. The lowest BCUT2D eigenvalue weighted by Gasteiger charge is -2.13. The van der Waals surface area contributed by atoms with Gasteiger partial charge >= 0.3 is 0 Å². The van der Waals surface area contributed by atoms with Crippen LogP contribution in [0.1, 0.15) is 12.0 Å². The molecule has 0 aromatic carbocycles. The highest BCUT2D eigenvalue weighted by Gasteiger charge is 2.30. The van der Waals surface area contributed by atoms with Crippen LogP contribution in [0.2, 0.25) is 0 Å². The van der Waals surface area contributed by atoms with E-state index in [9.17, 15) is 8.78 Å². The topological polar surface area (TPSA) is 27.8 Å². The van der Waals surface area contributed by atoms with Crippen LogP contribution in [0, 0.1) is 0 Å². The van der Waals surface area contributed by atoms with Crippen LogP contribution in [-0.4, -0.2) is 18.6 Å². The van der Waals surface area contributed by atoms with Gasteiger partial charge in [0.2, 0.25) is 0 Å². The molecule has 0 amide bonds. The van der Waals surface area contributed by atoms with Crippen LogP contribution in [0.5, 0.6) is 0 Å². The summed E-state index contributed by atoms with van der Waals surface area (Å²) in [6.45, 7) is 0.318. The number of H-pyrrole nitrogens is 1. The Kier molecular flexibility index (Phi) is 2.81. The first-order chi connectivity index (χ1) is 5.67. The molecule has 0 unspecified atom stereocenters. The summed E-state index contributed by atoms with van der Waals surface area (Å²) in [5, 5.41) is 2.70. The third-order valence-corrected chi connectivity index (χ3v) is 1.71. The number of aromatic amines is 1. The molecule has 0 aliphatic carbocycles. The zero-order chi connectivity index (χ0) is 9.03. The molecule has 1 aromatic rings. The van der Waals surface area contributed by atoms with Crippen LogP contribution in [0.4, 0.5) is 8.78 Å². The molecule has 1 heterocycles. The van der Waals surface area contributed by atoms with Crippen LogP contribution in [-0.2, 0) is 5.92 Å². The Bertz CT molecular complexity index is 219. The molecule has 0 radical (unpaired) electrons. The highest BCUT2D eigenvalue weighted by Crippen LogP contribution is 2.30. The molecule has 2 N–H and O–H groups in total. The quantitative estimate of drug-likeness (QED) is 0.714. The molecule has 0 spiro atoms. The Labute approximate surface area is 70.0 Å².